The van der Waals surface area contributed by atoms with Crippen LogP contribution in [0.3, 0.4) is 0 Å². The van der Waals surface area contributed by atoms with Crippen LogP contribution in [-0.2, 0) is 5.88 Å². The maximum Gasteiger partial charge on any atom is 0.213 e. The molecule has 0 spiro atoms. The third-order valence-electron chi connectivity index (χ3n) is 2.95. The number of hydrogen-bond acceptors (Lipinski definition) is 3. The van der Waals surface area contributed by atoms with E-state index in [0.29, 0.717) is 41.2 Å². The monoisotopic (exact) mass is 304 g/mol. The molecule has 1 aromatic heterocycles. The number of rotatable bonds is 7. The summed E-state index contributed by atoms with van der Waals surface area (Å²) in [4.78, 5) is 6.65. The summed E-state index contributed by atoms with van der Waals surface area (Å²) in [5.41, 5.74) is 0.658. The maximum absolute atomic E-state index is 5.95. The molecule has 0 bridgehead atoms. The summed E-state index contributed by atoms with van der Waals surface area (Å²) >= 11 is 11.7. The summed E-state index contributed by atoms with van der Waals surface area (Å²) in [7, 11) is 0. The number of alkyl halides is 1. The van der Waals surface area contributed by atoms with Crippen molar-refractivity contribution in [3.63, 3.8) is 0 Å². The number of pyridine rings is 1. The molecule has 0 aliphatic heterocycles. The summed E-state index contributed by atoms with van der Waals surface area (Å²) in [6.45, 7) is 10.2. The number of aromatic nitrogens is 1. The van der Waals surface area contributed by atoms with Gasteiger partial charge in [0.15, 0.2) is 0 Å². The van der Waals surface area contributed by atoms with Gasteiger partial charge in [-0.15, -0.1) is 11.6 Å². The van der Waals surface area contributed by atoms with Gasteiger partial charge in [0.25, 0.3) is 0 Å². The van der Waals surface area contributed by atoms with Gasteiger partial charge in [0.1, 0.15) is 6.61 Å². The summed E-state index contributed by atoms with van der Waals surface area (Å²) < 4.78 is 5.66. The van der Waals surface area contributed by atoms with Crippen molar-refractivity contribution in [3.05, 3.63) is 22.8 Å². The predicted molar refractivity (Wildman–Crippen MR) is 81.3 cm³/mol. The molecule has 0 aliphatic rings. The third kappa shape index (κ3) is 5.17. The molecule has 1 aromatic rings. The number of halogens is 2. The van der Waals surface area contributed by atoms with E-state index in [4.69, 9.17) is 27.9 Å². The Morgan fingerprint density at radius 1 is 1.21 bits per heavy atom. The van der Waals surface area contributed by atoms with Crippen molar-refractivity contribution in [2.75, 3.05) is 13.2 Å². The Bertz CT molecular complexity index is 389. The van der Waals surface area contributed by atoms with Crippen LogP contribution in [0.1, 0.15) is 33.4 Å². The quantitative estimate of drug-likeness (QED) is 0.713. The Labute approximate surface area is 125 Å². The lowest BCUT2D eigenvalue weighted by molar-refractivity contribution is 0.140. The Balaban J connectivity index is 2.53. The van der Waals surface area contributed by atoms with E-state index in [1.54, 1.807) is 12.1 Å². The molecule has 19 heavy (non-hydrogen) atoms. The van der Waals surface area contributed by atoms with Gasteiger partial charge >= 0.3 is 0 Å². The fourth-order valence-electron chi connectivity index (χ4n) is 2.01. The van der Waals surface area contributed by atoms with E-state index >= 15 is 0 Å². The average molecular weight is 305 g/mol. The molecule has 0 aliphatic carbocycles. The third-order valence-corrected chi connectivity index (χ3v) is 3.54. The first kappa shape index (κ1) is 16.5. The van der Waals surface area contributed by atoms with Gasteiger partial charge in [-0.1, -0.05) is 11.6 Å². The summed E-state index contributed by atoms with van der Waals surface area (Å²) in [5.74, 6) is 0.868. The molecule has 1 heterocycles. The van der Waals surface area contributed by atoms with Gasteiger partial charge in [0.2, 0.25) is 5.88 Å². The minimum atomic E-state index is 0.292. The van der Waals surface area contributed by atoms with Gasteiger partial charge in [0, 0.05) is 24.7 Å². The van der Waals surface area contributed by atoms with Crippen molar-refractivity contribution in [2.24, 2.45) is 0 Å². The second-order valence-corrected chi connectivity index (χ2v) is 5.66. The summed E-state index contributed by atoms with van der Waals surface area (Å²) in [5, 5.41) is 0.577. The van der Waals surface area contributed by atoms with Gasteiger partial charge < -0.3 is 4.74 Å². The fraction of sp³-hybridized carbons (Fsp3) is 0.643. The number of hydrogen-bond donors (Lipinski definition) is 0. The Hall–Kier alpha value is -0.510. The van der Waals surface area contributed by atoms with E-state index in [1.165, 1.54) is 0 Å². The minimum Gasteiger partial charge on any atom is -0.476 e. The molecule has 0 saturated heterocycles. The smallest absolute Gasteiger partial charge is 0.213 e. The average Bonchev–Trinajstić information content (AvgIpc) is 2.35. The molecule has 1 rings (SSSR count). The van der Waals surface area contributed by atoms with E-state index in [9.17, 15) is 0 Å². The van der Waals surface area contributed by atoms with E-state index in [1.807, 2.05) is 0 Å². The lowest BCUT2D eigenvalue weighted by Crippen LogP contribution is -2.39. The maximum atomic E-state index is 5.95. The highest BCUT2D eigenvalue weighted by atomic mass is 35.5. The van der Waals surface area contributed by atoms with Crippen LogP contribution >= 0.6 is 23.2 Å². The molecule has 0 aromatic carbocycles. The molecule has 0 atom stereocenters. The fourth-order valence-corrected chi connectivity index (χ4v) is 2.45. The largest absolute Gasteiger partial charge is 0.476 e. The van der Waals surface area contributed by atoms with Gasteiger partial charge in [-0.2, -0.15) is 0 Å². The Morgan fingerprint density at radius 3 is 2.37 bits per heavy atom. The van der Waals surface area contributed by atoms with Gasteiger partial charge in [0.05, 0.1) is 16.6 Å². The number of ether oxygens (including phenoxy) is 1. The molecule has 5 heteroatoms. The minimum absolute atomic E-state index is 0.292. The molecule has 0 fully saturated rings. The van der Waals surface area contributed by atoms with Crippen LogP contribution in [0, 0.1) is 0 Å². The van der Waals surface area contributed by atoms with Crippen LogP contribution < -0.4 is 4.74 Å². The SMILES string of the molecule is CC(C)N(CCOc1ccc(Cl)c(CCl)n1)C(C)C. The predicted octanol–water partition coefficient (Wildman–Crippen LogP) is 3.97. The topological polar surface area (TPSA) is 25.4 Å². The molecule has 0 saturated carbocycles. The zero-order valence-corrected chi connectivity index (χ0v) is 13.5. The summed E-state index contributed by atoms with van der Waals surface area (Å²) in [6.07, 6.45) is 0. The van der Waals surface area contributed by atoms with E-state index < -0.39 is 0 Å². The van der Waals surface area contributed by atoms with Gasteiger partial charge in [-0.25, -0.2) is 4.98 Å². The van der Waals surface area contributed by atoms with Gasteiger partial charge in [-0.05, 0) is 33.8 Å². The first-order valence-electron chi connectivity index (χ1n) is 6.55. The second-order valence-electron chi connectivity index (χ2n) is 4.99. The normalized spacial score (nSPS) is 11.6. The van der Waals surface area contributed by atoms with Crippen molar-refractivity contribution in [1.29, 1.82) is 0 Å². The standard InChI is InChI=1S/C14H22Cl2N2O/c1-10(2)18(11(3)4)7-8-19-14-6-5-12(16)13(9-15)17-14/h5-6,10-11H,7-9H2,1-4H3. The zero-order valence-electron chi connectivity index (χ0n) is 12.0. The molecular formula is C14H22Cl2N2O. The van der Waals surface area contributed by atoms with Crippen LogP contribution in [-0.4, -0.2) is 35.1 Å². The Morgan fingerprint density at radius 2 is 1.84 bits per heavy atom. The highest BCUT2D eigenvalue weighted by molar-refractivity contribution is 6.32. The van der Waals surface area contributed by atoms with Crippen molar-refractivity contribution >= 4 is 23.2 Å². The molecule has 0 unspecified atom stereocenters. The highest BCUT2D eigenvalue weighted by Crippen LogP contribution is 2.19. The van der Waals surface area contributed by atoms with Crippen molar-refractivity contribution in [3.8, 4) is 5.88 Å². The van der Waals surface area contributed by atoms with Crippen LogP contribution in [0.4, 0.5) is 0 Å². The first-order valence-corrected chi connectivity index (χ1v) is 7.47. The van der Waals surface area contributed by atoms with Crippen molar-refractivity contribution < 1.29 is 4.74 Å². The molecular weight excluding hydrogens is 283 g/mol. The van der Waals surface area contributed by atoms with Crippen molar-refractivity contribution in [1.82, 2.24) is 9.88 Å². The van der Waals surface area contributed by atoms with Gasteiger partial charge in [-0.3, -0.25) is 4.90 Å². The molecule has 108 valence electrons. The zero-order chi connectivity index (χ0) is 14.4. The van der Waals surface area contributed by atoms with Crippen LogP contribution in [0.2, 0.25) is 5.02 Å². The number of nitrogens with zero attached hydrogens (tertiary/aromatic N) is 2. The molecule has 0 radical (unpaired) electrons. The van der Waals surface area contributed by atoms with E-state index in [0.717, 1.165) is 6.54 Å². The second kappa shape index (κ2) is 7.93. The van der Waals surface area contributed by atoms with E-state index in [2.05, 4.69) is 37.6 Å². The van der Waals surface area contributed by atoms with Crippen molar-refractivity contribution in [2.45, 2.75) is 45.7 Å². The lowest BCUT2D eigenvalue weighted by Gasteiger charge is -2.30. The molecule has 0 amide bonds. The first-order chi connectivity index (χ1) is 8.95. The lowest BCUT2D eigenvalue weighted by atomic mass is 10.2. The Kier molecular flexibility index (Phi) is 6.90. The molecule has 3 nitrogen and oxygen atoms in total. The van der Waals surface area contributed by atoms with E-state index in [-0.39, 0.29) is 0 Å². The van der Waals surface area contributed by atoms with Crippen LogP contribution in [0.5, 0.6) is 5.88 Å². The van der Waals surface area contributed by atoms with Crippen LogP contribution in [0.15, 0.2) is 12.1 Å². The summed E-state index contributed by atoms with van der Waals surface area (Å²) in [6, 6.07) is 4.54. The highest BCUT2D eigenvalue weighted by Gasteiger charge is 2.13. The molecule has 0 N–H and O–H groups in total. The van der Waals surface area contributed by atoms with Crippen LogP contribution in [0.25, 0.3) is 0 Å².